The molecule has 0 aromatic heterocycles. The van der Waals surface area contributed by atoms with Crippen LogP contribution in [-0.2, 0) is 4.57 Å². The van der Waals surface area contributed by atoms with Gasteiger partial charge >= 0.3 is 0 Å². The van der Waals surface area contributed by atoms with E-state index in [1.165, 1.54) is 5.82 Å². The van der Waals surface area contributed by atoms with Crippen molar-refractivity contribution in [3.05, 3.63) is 11.9 Å². The lowest BCUT2D eigenvalue weighted by molar-refractivity contribution is 0.480. The minimum absolute atomic E-state index is 0.159. The van der Waals surface area contributed by atoms with Gasteiger partial charge in [0.2, 0.25) is 7.37 Å². The maximum absolute atomic E-state index is 11.0. The highest BCUT2D eigenvalue weighted by Crippen LogP contribution is 2.47. The van der Waals surface area contributed by atoms with Gasteiger partial charge in [-0.1, -0.05) is 19.9 Å². The lowest BCUT2D eigenvalue weighted by Crippen LogP contribution is -1.92. The summed E-state index contributed by atoms with van der Waals surface area (Å²) in [7, 11) is -2.95. The summed E-state index contributed by atoms with van der Waals surface area (Å²) < 4.78 is 11.0. The van der Waals surface area contributed by atoms with Crippen molar-refractivity contribution in [2.75, 3.05) is 0 Å². The zero-order chi connectivity index (χ0) is 7.49. The van der Waals surface area contributed by atoms with Gasteiger partial charge in [0.1, 0.15) is 0 Å². The molecule has 0 aliphatic heterocycles. The molecular formula is C6H13O2P. The molecule has 0 spiro atoms. The van der Waals surface area contributed by atoms with Gasteiger partial charge in [-0.3, -0.25) is 4.57 Å². The van der Waals surface area contributed by atoms with E-state index in [2.05, 4.69) is 0 Å². The number of allylic oxidation sites excluding steroid dienone is 1. The highest BCUT2D eigenvalue weighted by molar-refractivity contribution is 7.61. The van der Waals surface area contributed by atoms with Crippen LogP contribution in [0.4, 0.5) is 0 Å². The Bertz CT molecular complexity index is 149. The Morgan fingerprint density at radius 2 is 2.00 bits per heavy atom. The Hall–Kier alpha value is -0.0700. The quantitative estimate of drug-likeness (QED) is 0.609. The maximum atomic E-state index is 11.0. The van der Waals surface area contributed by atoms with Crippen LogP contribution in [0.1, 0.15) is 20.8 Å². The van der Waals surface area contributed by atoms with Gasteiger partial charge in [-0.25, -0.2) is 0 Å². The fraction of sp³-hybridized carbons (Fsp3) is 0.667. The molecule has 9 heavy (non-hydrogen) atoms. The molecule has 0 heterocycles. The molecule has 1 unspecified atom stereocenters. The number of rotatable bonds is 2. The molecule has 0 amide bonds. The molecular weight excluding hydrogens is 135 g/mol. The van der Waals surface area contributed by atoms with Gasteiger partial charge < -0.3 is 4.89 Å². The first kappa shape index (κ1) is 8.93. The van der Waals surface area contributed by atoms with Crippen molar-refractivity contribution < 1.29 is 9.46 Å². The Labute approximate surface area is 56.0 Å². The van der Waals surface area contributed by atoms with E-state index in [0.717, 1.165) is 0 Å². The number of hydrogen-bond donors (Lipinski definition) is 1. The number of hydrogen-bond acceptors (Lipinski definition) is 1. The van der Waals surface area contributed by atoms with Gasteiger partial charge in [-0.15, -0.1) is 0 Å². The molecule has 0 aliphatic carbocycles. The van der Waals surface area contributed by atoms with Crippen LogP contribution in [0.2, 0.25) is 0 Å². The second-order valence-electron chi connectivity index (χ2n) is 2.25. The lowest BCUT2D eigenvalue weighted by Gasteiger charge is -2.08. The van der Waals surface area contributed by atoms with Gasteiger partial charge in [0, 0.05) is 5.66 Å². The van der Waals surface area contributed by atoms with Gasteiger partial charge in [-0.2, -0.15) is 0 Å². The summed E-state index contributed by atoms with van der Waals surface area (Å²) >= 11 is 0. The molecule has 0 fully saturated rings. The summed E-state index contributed by atoms with van der Waals surface area (Å²) in [6.07, 6.45) is 1.61. The van der Waals surface area contributed by atoms with Gasteiger partial charge in [0.05, 0.1) is 0 Å². The van der Waals surface area contributed by atoms with E-state index >= 15 is 0 Å². The van der Waals surface area contributed by atoms with Crippen LogP contribution in [0.25, 0.3) is 0 Å². The molecule has 1 N–H and O–H groups in total. The molecule has 0 aromatic carbocycles. The van der Waals surface area contributed by atoms with Gasteiger partial charge in [0.25, 0.3) is 0 Å². The SMILES string of the molecule is C/C=C\P(=O)(O)C(C)C. The van der Waals surface area contributed by atoms with E-state index in [-0.39, 0.29) is 5.66 Å². The Kier molecular flexibility index (Phi) is 3.16. The van der Waals surface area contributed by atoms with E-state index in [1.54, 1.807) is 26.8 Å². The van der Waals surface area contributed by atoms with Crippen LogP contribution in [0.15, 0.2) is 11.9 Å². The molecule has 0 aliphatic rings. The Morgan fingerprint density at radius 3 is 2.11 bits per heavy atom. The summed E-state index contributed by atoms with van der Waals surface area (Å²) in [6.45, 7) is 5.22. The van der Waals surface area contributed by atoms with Crippen LogP contribution in [0.5, 0.6) is 0 Å². The van der Waals surface area contributed by atoms with Crippen LogP contribution < -0.4 is 0 Å². The Balaban J connectivity index is 4.21. The zero-order valence-electron chi connectivity index (χ0n) is 6.03. The average Bonchev–Trinajstić information content (AvgIpc) is 1.65. The molecule has 3 heteroatoms. The summed E-state index contributed by atoms with van der Waals surface area (Å²) in [5.74, 6) is 1.37. The summed E-state index contributed by atoms with van der Waals surface area (Å²) in [5, 5.41) is 0. The summed E-state index contributed by atoms with van der Waals surface area (Å²) in [4.78, 5) is 9.06. The molecule has 0 bridgehead atoms. The van der Waals surface area contributed by atoms with Crippen LogP contribution in [-0.4, -0.2) is 10.6 Å². The van der Waals surface area contributed by atoms with E-state index < -0.39 is 7.37 Å². The smallest absolute Gasteiger partial charge is 0.224 e. The minimum atomic E-state index is -2.95. The van der Waals surface area contributed by atoms with Crippen molar-refractivity contribution in [3.63, 3.8) is 0 Å². The first-order valence-corrected chi connectivity index (χ1v) is 4.76. The molecule has 0 saturated carbocycles. The van der Waals surface area contributed by atoms with E-state index in [1.807, 2.05) is 0 Å². The van der Waals surface area contributed by atoms with Crippen molar-refractivity contribution in [2.24, 2.45) is 0 Å². The predicted molar refractivity (Wildman–Crippen MR) is 39.8 cm³/mol. The molecule has 1 atom stereocenters. The first-order chi connectivity index (χ1) is 4.00. The van der Waals surface area contributed by atoms with Crippen molar-refractivity contribution >= 4 is 7.37 Å². The normalized spacial score (nSPS) is 18.8. The average molecular weight is 148 g/mol. The zero-order valence-corrected chi connectivity index (χ0v) is 6.93. The largest absolute Gasteiger partial charge is 0.341 e. The van der Waals surface area contributed by atoms with Crippen LogP contribution >= 0.6 is 7.37 Å². The van der Waals surface area contributed by atoms with Crippen molar-refractivity contribution in [1.82, 2.24) is 0 Å². The summed E-state index contributed by atoms with van der Waals surface area (Å²) in [6, 6.07) is 0. The fourth-order valence-corrected chi connectivity index (χ4v) is 1.16. The van der Waals surface area contributed by atoms with Gasteiger partial charge in [-0.05, 0) is 12.7 Å². The third-order valence-corrected chi connectivity index (χ3v) is 3.31. The third kappa shape index (κ3) is 2.83. The lowest BCUT2D eigenvalue weighted by atomic mass is 10.6. The first-order valence-electron chi connectivity index (χ1n) is 2.96. The Morgan fingerprint density at radius 1 is 1.56 bits per heavy atom. The molecule has 0 saturated heterocycles. The van der Waals surface area contributed by atoms with E-state index in [9.17, 15) is 4.57 Å². The van der Waals surface area contributed by atoms with Crippen molar-refractivity contribution in [2.45, 2.75) is 26.4 Å². The van der Waals surface area contributed by atoms with Crippen LogP contribution in [0.3, 0.4) is 0 Å². The monoisotopic (exact) mass is 148 g/mol. The molecule has 0 aromatic rings. The molecule has 0 rings (SSSR count). The second-order valence-corrected chi connectivity index (χ2v) is 4.92. The van der Waals surface area contributed by atoms with Crippen molar-refractivity contribution in [1.29, 1.82) is 0 Å². The van der Waals surface area contributed by atoms with E-state index in [0.29, 0.717) is 0 Å². The third-order valence-electron chi connectivity index (χ3n) is 1.10. The molecule has 54 valence electrons. The second kappa shape index (κ2) is 3.19. The highest BCUT2D eigenvalue weighted by atomic mass is 31.2. The summed E-state index contributed by atoms with van der Waals surface area (Å²) in [5.41, 5.74) is -0.159. The molecule has 0 radical (unpaired) electrons. The van der Waals surface area contributed by atoms with Crippen LogP contribution in [0, 0.1) is 0 Å². The van der Waals surface area contributed by atoms with Crippen molar-refractivity contribution in [3.8, 4) is 0 Å². The molecule has 2 nitrogen and oxygen atoms in total. The highest BCUT2D eigenvalue weighted by Gasteiger charge is 2.17. The van der Waals surface area contributed by atoms with Gasteiger partial charge in [0.15, 0.2) is 0 Å². The van der Waals surface area contributed by atoms with E-state index in [4.69, 9.17) is 4.89 Å². The maximum Gasteiger partial charge on any atom is 0.224 e. The standard InChI is InChI=1S/C6H13O2P/c1-4-5-9(7,8)6(2)3/h4-6H,1-3H3,(H,7,8)/b5-4-. The minimum Gasteiger partial charge on any atom is -0.341 e. The predicted octanol–water partition coefficient (Wildman–Crippen LogP) is 2.20. The topological polar surface area (TPSA) is 37.3 Å². The fourth-order valence-electron chi connectivity index (χ4n) is 0.386.